The van der Waals surface area contributed by atoms with E-state index in [4.69, 9.17) is 0 Å². The van der Waals surface area contributed by atoms with Crippen LogP contribution < -0.4 is 8.85 Å². The largest absolute Gasteiger partial charge is 0.416 e. The second-order valence-corrected chi connectivity index (χ2v) is 11.5. The number of fused-ring (bicyclic) bond motifs is 4. The van der Waals surface area contributed by atoms with Crippen LogP contribution in [-0.2, 0) is 11.6 Å². The van der Waals surface area contributed by atoms with Crippen LogP contribution in [0.3, 0.4) is 0 Å². The van der Waals surface area contributed by atoms with E-state index in [9.17, 15) is 13.2 Å². The average molecular weight is 478 g/mol. The van der Waals surface area contributed by atoms with Gasteiger partial charge in [0.2, 0.25) is 0 Å². The molecule has 162 valence electrons. The molecule has 0 aromatic heterocycles. The van der Waals surface area contributed by atoms with E-state index in [1.807, 2.05) is 12.1 Å². The molecular weight excluding hydrogens is 459 g/mol. The molecule has 0 fully saturated rings. The Kier molecular flexibility index (Phi) is 4.66. The van der Waals surface area contributed by atoms with Crippen LogP contribution in [0.15, 0.2) is 60.7 Å². The van der Waals surface area contributed by atoms with Crippen LogP contribution in [0.1, 0.15) is 31.9 Å². The zero-order valence-electron chi connectivity index (χ0n) is 19.1. The van der Waals surface area contributed by atoms with Gasteiger partial charge in [-0.05, 0) is 83.0 Å². The van der Waals surface area contributed by atoms with Crippen molar-refractivity contribution in [2.45, 2.75) is 32.4 Å². The van der Waals surface area contributed by atoms with Gasteiger partial charge in [0, 0.05) is 0 Å². The lowest BCUT2D eigenvalue weighted by molar-refractivity contribution is -0.137. The summed E-state index contributed by atoms with van der Waals surface area (Å²) in [6.45, 7) is 6.63. The lowest BCUT2D eigenvalue weighted by atomic mass is 9.82. The van der Waals surface area contributed by atoms with Crippen LogP contribution in [0.2, 0.25) is 0 Å². The van der Waals surface area contributed by atoms with E-state index in [0.717, 1.165) is 51.9 Å². The molecule has 0 unspecified atom stereocenters. The van der Waals surface area contributed by atoms with Crippen molar-refractivity contribution in [2.24, 2.45) is 0 Å². The van der Waals surface area contributed by atoms with Crippen molar-refractivity contribution in [3.05, 3.63) is 71.8 Å². The highest BCUT2D eigenvalue weighted by Crippen LogP contribution is 2.42. The van der Waals surface area contributed by atoms with E-state index < -0.39 is 11.7 Å². The van der Waals surface area contributed by atoms with Crippen LogP contribution in [0.5, 0.6) is 0 Å². The fourth-order valence-corrected chi connectivity index (χ4v) is 6.17. The van der Waals surface area contributed by atoms with Gasteiger partial charge in [-0.1, -0.05) is 63.2 Å². The maximum atomic E-state index is 13.6. The molecule has 4 radical (unpaired) electrons. The molecule has 34 heavy (non-hydrogen) atoms. The smallest absolute Gasteiger partial charge is 0.166 e. The molecule has 0 aliphatic heterocycles. The minimum atomic E-state index is -4.39. The van der Waals surface area contributed by atoms with Gasteiger partial charge in [0.15, 0.2) is 32.6 Å². The van der Waals surface area contributed by atoms with Gasteiger partial charge >= 0.3 is 6.18 Å². The maximum Gasteiger partial charge on any atom is 0.416 e. The monoisotopic (exact) mass is 478 g/mol. The number of halogens is 3. The molecule has 0 spiro atoms. The first kappa shape index (κ1) is 22.2. The Hall–Kier alpha value is -2.27. The predicted molar refractivity (Wildman–Crippen MR) is 140 cm³/mol. The second-order valence-electron chi connectivity index (χ2n) is 10.3. The molecule has 0 aliphatic rings. The van der Waals surface area contributed by atoms with E-state index in [0.29, 0.717) is 5.39 Å². The highest BCUT2D eigenvalue weighted by Gasteiger charge is 2.30. The Morgan fingerprint density at radius 1 is 0.529 bits per heavy atom. The molecule has 0 atom stereocenters. The zero-order valence-corrected chi connectivity index (χ0v) is 21.4. The van der Waals surface area contributed by atoms with Crippen molar-refractivity contribution in [2.75, 3.05) is 0 Å². The summed E-state index contributed by atoms with van der Waals surface area (Å²) in [6, 6.07) is 19.0. The summed E-state index contributed by atoms with van der Waals surface area (Å²) in [6.07, 6.45) is -4.39. The highest BCUT2D eigenvalue weighted by atomic mass is 27.1. The first-order valence-corrected chi connectivity index (χ1v) is 12.3. The van der Waals surface area contributed by atoms with Crippen LogP contribution in [0.25, 0.3) is 53.9 Å². The van der Waals surface area contributed by atoms with Crippen LogP contribution in [-0.4, -0.2) is 32.6 Å². The van der Waals surface area contributed by atoms with Crippen molar-refractivity contribution in [3.8, 4) is 0 Å². The standard InChI is InChI=1S/C29H19F3.2Al/c1-28(2,3)22-13-19-7-6-18-12-17-5-4-16-8-10-21(29(30,31)32)15-24(16)26(17)23-11-9-20(14-22)25(19)27(18)23;;/h4-5,7-10,12-15H,1-3H3;;. The minimum Gasteiger partial charge on any atom is -0.166 e. The van der Waals surface area contributed by atoms with Crippen molar-refractivity contribution < 1.29 is 13.2 Å². The average Bonchev–Trinajstić information content (AvgIpc) is 2.75. The quantitative estimate of drug-likeness (QED) is 0.128. The Bertz CT molecular complexity index is 1770. The third kappa shape index (κ3) is 3.19. The zero-order chi connectivity index (χ0) is 24.2. The van der Waals surface area contributed by atoms with E-state index in [1.165, 1.54) is 23.1 Å². The molecule has 0 saturated heterocycles. The summed E-state index contributed by atoms with van der Waals surface area (Å²) in [5.74, 6) is 0. The minimum absolute atomic E-state index is 0.00342. The van der Waals surface area contributed by atoms with Crippen LogP contribution >= 0.6 is 0 Å². The molecule has 0 heterocycles. The molecule has 6 rings (SSSR count). The van der Waals surface area contributed by atoms with Gasteiger partial charge in [-0.15, -0.1) is 8.85 Å². The second kappa shape index (κ2) is 7.13. The van der Waals surface area contributed by atoms with Gasteiger partial charge in [-0.25, -0.2) is 0 Å². The molecule has 0 bridgehead atoms. The first-order valence-electron chi connectivity index (χ1n) is 11.2. The molecule has 0 N–H and O–H groups in total. The summed E-state index contributed by atoms with van der Waals surface area (Å²) in [4.78, 5) is 0. The Morgan fingerprint density at radius 2 is 1.15 bits per heavy atom. The van der Waals surface area contributed by atoms with E-state index in [1.54, 1.807) is 6.07 Å². The molecule has 6 aromatic rings. The van der Waals surface area contributed by atoms with E-state index >= 15 is 0 Å². The van der Waals surface area contributed by atoms with Crippen molar-refractivity contribution in [1.82, 2.24) is 0 Å². The molecular formula is C29H19Al2F3. The predicted octanol–water partition coefficient (Wildman–Crippen LogP) is 6.79. The van der Waals surface area contributed by atoms with E-state index in [-0.39, 0.29) is 5.41 Å². The van der Waals surface area contributed by atoms with Gasteiger partial charge in [-0.2, -0.15) is 13.2 Å². The van der Waals surface area contributed by atoms with Gasteiger partial charge in [0.05, 0.1) is 5.56 Å². The van der Waals surface area contributed by atoms with Crippen molar-refractivity contribution >= 4 is 95.3 Å². The summed E-state index contributed by atoms with van der Waals surface area (Å²) in [5, 5.41) is 9.98. The Balaban J connectivity index is 1.89. The van der Waals surface area contributed by atoms with Gasteiger partial charge in [0.1, 0.15) is 0 Å². The summed E-state index contributed by atoms with van der Waals surface area (Å²) in [5.41, 5.74) is 0.644. The topological polar surface area (TPSA) is 0 Å². The summed E-state index contributed by atoms with van der Waals surface area (Å²) >= 11 is 5.71. The fraction of sp³-hybridized carbons (Fsp3) is 0.172. The SMILES string of the molecule is CC(C)(C)c1cc2c[c]([Al])c3cc4ccc5ccc(C(F)(F)F)cc5c4c4[c]([Al])cc(c1)c2c34. The number of alkyl halides is 3. The summed E-state index contributed by atoms with van der Waals surface area (Å²) < 4.78 is 42.9. The summed E-state index contributed by atoms with van der Waals surface area (Å²) in [7, 11) is 0. The van der Waals surface area contributed by atoms with Crippen LogP contribution in [0.4, 0.5) is 13.2 Å². The van der Waals surface area contributed by atoms with Crippen molar-refractivity contribution in [1.29, 1.82) is 0 Å². The number of hydrogen-bond acceptors (Lipinski definition) is 0. The van der Waals surface area contributed by atoms with Gasteiger partial charge in [0.25, 0.3) is 0 Å². The third-order valence-corrected chi connectivity index (χ3v) is 7.92. The molecule has 0 saturated carbocycles. The van der Waals surface area contributed by atoms with Gasteiger partial charge in [-0.3, -0.25) is 0 Å². The Morgan fingerprint density at radius 3 is 1.79 bits per heavy atom. The molecule has 0 nitrogen and oxygen atoms in total. The van der Waals surface area contributed by atoms with Crippen LogP contribution in [0, 0.1) is 0 Å². The Labute approximate surface area is 211 Å². The number of hydrogen-bond donors (Lipinski definition) is 0. The number of benzene rings is 6. The first-order chi connectivity index (χ1) is 15.9. The molecule has 6 aromatic carbocycles. The molecule has 0 amide bonds. The number of rotatable bonds is 0. The normalized spacial score (nSPS) is 13.2. The lowest BCUT2D eigenvalue weighted by Gasteiger charge is -2.24. The van der Waals surface area contributed by atoms with Crippen molar-refractivity contribution in [3.63, 3.8) is 0 Å². The maximum absolute atomic E-state index is 13.6. The third-order valence-electron chi connectivity index (χ3n) is 6.99. The highest BCUT2D eigenvalue weighted by molar-refractivity contribution is 6.51. The van der Waals surface area contributed by atoms with E-state index in [2.05, 4.69) is 83.7 Å². The molecule has 5 heteroatoms. The lowest BCUT2D eigenvalue weighted by Crippen LogP contribution is -2.14. The molecule has 0 aliphatic carbocycles. The van der Waals surface area contributed by atoms with Gasteiger partial charge < -0.3 is 0 Å². The fourth-order valence-electron chi connectivity index (χ4n) is 5.30.